The smallest absolute Gasteiger partial charge is 0.161 e. The van der Waals surface area contributed by atoms with Crippen molar-refractivity contribution < 1.29 is 9.18 Å². The average Bonchev–Trinajstić information content (AvgIpc) is 2.86. The Bertz CT molecular complexity index is 500. The van der Waals surface area contributed by atoms with Crippen molar-refractivity contribution in [3.63, 3.8) is 0 Å². The average molecular weight is 261 g/mol. The van der Waals surface area contributed by atoms with Gasteiger partial charge in [-0.25, -0.2) is 4.39 Å². The van der Waals surface area contributed by atoms with Gasteiger partial charge in [-0.15, -0.1) is 0 Å². The molecule has 1 aliphatic heterocycles. The molecule has 3 rings (SSSR count). The summed E-state index contributed by atoms with van der Waals surface area (Å²) in [5.74, 6) is 0.391. The van der Waals surface area contributed by atoms with Gasteiger partial charge < -0.3 is 4.90 Å². The van der Waals surface area contributed by atoms with Crippen molar-refractivity contribution in [1.29, 1.82) is 0 Å². The molecule has 2 atom stereocenters. The molecule has 0 radical (unpaired) electrons. The Kier molecular flexibility index (Phi) is 3.29. The van der Waals surface area contributed by atoms with Gasteiger partial charge in [0.15, 0.2) is 5.78 Å². The number of fused-ring (bicyclic) bond motifs is 1. The second kappa shape index (κ2) is 4.95. The first-order valence-corrected chi connectivity index (χ1v) is 7.24. The molecule has 3 heteroatoms. The summed E-state index contributed by atoms with van der Waals surface area (Å²) in [5, 5.41) is 0. The summed E-state index contributed by atoms with van der Waals surface area (Å²) in [7, 11) is 0. The Morgan fingerprint density at radius 2 is 2.05 bits per heavy atom. The Morgan fingerprint density at radius 1 is 1.26 bits per heavy atom. The van der Waals surface area contributed by atoms with Crippen molar-refractivity contribution >= 4 is 11.5 Å². The van der Waals surface area contributed by atoms with Crippen molar-refractivity contribution in [3.05, 3.63) is 29.6 Å². The normalized spacial score (nSPS) is 26.3. The number of anilines is 1. The molecule has 19 heavy (non-hydrogen) atoms. The highest BCUT2D eigenvalue weighted by Gasteiger charge is 2.36. The van der Waals surface area contributed by atoms with Gasteiger partial charge in [-0.05, 0) is 56.7 Å². The van der Waals surface area contributed by atoms with Gasteiger partial charge in [0.1, 0.15) is 5.82 Å². The minimum Gasteiger partial charge on any atom is -0.368 e. The predicted octanol–water partition coefficient (Wildman–Crippen LogP) is 3.80. The minimum atomic E-state index is -0.325. The van der Waals surface area contributed by atoms with E-state index >= 15 is 0 Å². The summed E-state index contributed by atoms with van der Waals surface area (Å²) < 4.78 is 13.4. The SMILES string of the molecule is CC(=O)c1cc(F)ccc1N1CCCC2CCCC21. The van der Waals surface area contributed by atoms with Gasteiger partial charge in [-0.1, -0.05) is 6.42 Å². The fraction of sp³-hybridized carbons (Fsp3) is 0.562. The summed E-state index contributed by atoms with van der Waals surface area (Å²) >= 11 is 0. The van der Waals surface area contributed by atoms with Crippen LogP contribution in [0.15, 0.2) is 18.2 Å². The molecule has 0 spiro atoms. The van der Waals surface area contributed by atoms with Crippen LogP contribution in [-0.2, 0) is 0 Å². The maximum absolute atomic E-state index is 13.4. The third kappa shape index (κ3) is 2.26. The Morgan fingerprint density at radius 3 is 2.84 bits per heavy atom. The van der Waals surface area contributed by atoms with E-state index in [9.17, 15) is 9.18 Å². The van der Waals surface area contributed by atoms with Crippen LogP contribution in [0.3, 0.4) is 0 Å². The molecule has 2 fully saturated rings. The van der Waals surface area contributed by atoms with Crippen molar-refractivity contribution in [2.24, 2.45) is 5.92 Å². The molecular weight excluding hydrogens is 241 g/mol. The number of carbonyl (C=O) groups is 1. The van der Waals surface area contributed by atoms with Crippen LogP contribution >= 0.6 is 0 Å². The topological polar surface area (TPSA) is 20.3 Å². The van der Waals surface area contributed by atoms with Crippen molar-refractivity contribution in [2.75, 3.05) is 11.4 Å². The third-order valence-electron chi connectivity index (χ3n) is 4.64. The van der Waals surface area contributed by atoms with Gasteiger partial charge in [0.05, 0.1) is 0 Å². The first kappa shape index (κ1) is 12.6. The standard InChI is InChI=1S/C16H20FNO/c1-11(19)14-10-13(17)7-8-16(14)18-9-3-5-12-4-2-6-15(12)18/h7-8,10,12,15H,2-6,9H2,1H3. The molecule has 1 aromatic rings. The molecule has 2 nitrogen and oxygen atoms in total. The molecule has 2 unspecified atom stereocenters. The van der Waals surface area contributed by atoms with Crippen LogP contribution in [0.1, 0.15) is 49.4 Å². The lowest BCUT2D eigenvalue weighted by Crippen LogP contribution is -2.43. The monoisotopic (exact) mass is 261 g/mol. The van der Waals surface area contributed by atoms with Gasteiger partial charge in [-0.3, -0.25) is 4.79 Å². The highest BCUT2D eigenvalue weighted by atomic mass is 19.1. The zero-order chi connectivity index (χ0) is 13.4. The number of hydrogen-bond donors (Lipinski definition) is 0. The van der Waals surface area contributed by atoms with Crippen LogP contribution in [0.25, 0.3) is 0 Å². The lowest BCUT2D eigenvalue weighted by molar-refractivity contribution is 0.101. The quantitative estimate of drug-likeness (QED) is 0.755. The van der Waals surface area contributed by atoms with Crippen LogP contribution in [0.4, 0.5) is 10.1 Å². The Hall–Kier alpha value is -1.38. The zero-order valence-corrected chi connectivity index (χ0v) is 11.4. The Balaban J connectivity index is 1.98. The fourth-order valence-electron chi connectivity index (χ4n) is 3.79. The number of hydrogen-bond acceptors (Lipinski definition) is 2. The van der Waals surface area contributed by atoms with Gasteiger partial charge in [0.2, 0.25) is 0 Å². The van der Waals surface area contributed by atoms with Gasteiger partial charge >= 0.3 is 0 Å². The van der Waals surface area contributed by atoms with Crippen molar-refractivity contribution in [2.45, 2.75) is 45.1 Å². The second-order valence-electron chi connectivity index (χ2n) is 5.81. The molecule has 0 bridgehead atoms. The highest BCUT2D eigenvalue weighted by molar-refractivity contribution is 5.99. The van der Waals surface area contributed by atoms with Crippen LogP contribution in [0.5, 0.6) is 0 Å². The lowest BCUT2D eigenvalue weighted by Gasteiger charge is -2.40. The lowest BCUT2D eigenvalue weighted by atomic mass is 9.90. The molecule has 0 aromatic heterocycles. The molecule has 1 aromatic carbocycles. The van der Waals surface area contributed by atoms with E-state index in [-0.39, 0.29) is 11.6 Å². The van der Waals surface area contributed by atoms with E-state index in [0.29, 0.717) is 11.6 Å². The molecular formula is C16H20FNO. The van der Waals surface area contributed by atoms with E-state index in [0.717, 1.165) is 18.2 Å². The second-order valence-corrected chi connectivity index (χ2v) is 5.81. The summed E-state index contributed by atoms with van der Waals surface area (Å²) in [5.41, 5.74) is 1.47. The van der Waals surface area contributed by atoms with E-state index < -0.39 is 0 Å². The third-order valence-corrected chi connectivity index (χ3v) is 4.64. The maximum Gasteiger partial charge on any atom is 0.161 e. The first-order valence-electron chi connectivity index (χ1n) is 7.24. The summed E-state index contributed by atoms with van der Waals surface area (Å²) in [6.45, 7) is 2.52. The van der Waals surface area contributed by atoms with Gasteiger partial charge in [-0.2, -0.15) is 0 Å². The molecule has 1 heterocycles. The molecule has 1 saturated carbocycles. The van der Waals surface area contributed by atoms with Crippen LogP contribution in [0, 0.1) is 11.7 Å². The predicted molar refractivity (Wildman–Crippen MR) is 74.1 cm³/mol. The maximum atomic E-state index is 13.4. The Labute approximate surface area is 113 Å². The number of Topliss-reactive ketones (excluding diaryl/α,β-unsaturated/α-hetero) is 1. The number of piperidine rings is 1. The van der Waals surface area contributed by atoms with Crippen LogP contribution in [-0.4, -0.2) is 18.4 Å². The minimum absolute atomic E-state index is 0.0466. The van der Waals surface area contributed by atoms with E-state index in [2.05, 4.69) is 4.90 Å². The summed E-state index contributed by atoms with van der Waals surface area (Å²) in [6, 6.07) is 5.20. The summed E-state index contributed by atoms with van der Waals surface area (Å²) in [4.78, 5) is 14.1. The van der Waals surface area contributed by atoms with Gasteiger partial charge in [0, 0.05) is 23.8 Å². The van der Waals surface area contributed by atoms with Crippen molar-refractivity contribution in [1.82, 2.24) is 0 Å². The van der Waals surface area contributed by atoms with E-state index in [1.54, 1.807) is 6.07 Å². The highest BCUT2D eigenvalue weighted by Crippen LogP contribution is 2.40. The number of benzene rings is 1. The molecule has 2 aliphatic rings. The zero-order valence-electron chi connectivity index (χ0n) is 11.4. The summed E-state index contributed by atoms with van der Waals surface area (Å²) in [6.07, 6.45) is 6.27. The first-order chi connectivity index (χ1) is 9.16. The largest absolute Gasteiger partial charge is 0.368 e. The molecule has 1 aliphatic carbocycles. The van der Waals surface area contributed by atoms with Gasteiger partial charge in [0.25, 0.3) is 0 Å². The van der Waals surface area contributed by atoms with Crippen LogP contribution in [0.2, 0.25) is 0 Å². The molecule has 0 N–H and O–H groups in total. The molecule has 1 saturated heterocycles. The van der Waals surface area contributed by atoms with Crippen molar-refractivity contribution in [3.8, 4) is 0 Å². The number of nitrogens with zero attached hydrogens (tertiary/aromatic N) is 1. The van der Waals surface area contributed by atoms with E-state index in [4.69, 9.17) is 0 Å². The number of ketones is 1. The number of rotatable bonds is 2. The molecule has 102 valence electrons. The van der Waals surface area contributed by atoms with E-state index in [1.807, 2.05) is 0 Å². The number of halogens is 1. The number of carbonyl (C=O) groups excluding carboxylic acids is 1. The molecule has 0 amide bonds. The van der Waals surface area contributed by atoms with Crippen LogP contribution < -0.4 is 4.90 Å². The fourth-order valence-corrected chi connectivity index (χ4v) is 3.79. The van der Waals surface area contributed by atoms with E-state index in [1.165, 1.54) is 51.2 Å².